The molecule has 0 radical (unpaired) electrons. The average molecular weight is 467 g/mol. The van der Waals surface area contributed by atoms with Crippen LogP contribution in [0.2, 0.25) is 0 Å². The summed E-state index contributed by atoms with van der Waals surface area (Å²) in [5.74, 6) is 0.420. The van der Waals surface area contributed by atoms with Gasteiger partial charge in [0.25, 0.3) is 5.56 Å². The van der Waals surface area contributed by atoms with Gasteiger partial charge in [-0.15, -0.1) is 0 Å². The van der Waals surface area contributed by atoms with E-state index in [1.54, 1.807) is 31.2 Å². The summed E-state index contributed by atoms with van der Waals surface area (Å²) < 4.78 is 46.6. The normalized spacial score (nSPS) is 15.4. The first-order chi connectivity index (χ1) is 16.2. The number of halogens is 3. The first-order valence-corrected chi connectivity index (χ1v) is 11.3. The third kappa shape index (κ3) is 3.81. The quantitative estimate of drug-likeness (QED) is 0.403. The highest BCUT2D eigenvalue weighted by Crippen LogP contribution is 2.42. The molecule has 0 bridgehead atoms. The number of nitrogens with zero attached hydrogens (tertiary/aromatic N) is 2. The Morgan fingerprint density at radius 2 is 1.74 bits per heavy atom. The van der Waals surface area contributed by atoms with E-state index in [0.29, 0.717) is 27.0 Å². The number of aromatic nitrogens is 2. The summed E-state index contributed by atoms with van der Waals surface area (Å²) in [5.41, 5.74) is 8.22. The predicted molar refractivity (Wildman–Crippen MR) is 124 cm³/mol. The van der Waals surface area contributed by atoms with Crippen LogP contribution in [0.1, 0.15) is 37.6 Å². The van der Waals surface area contributed by atoms with Crippen molar-refractivity contribution in [3.8, 4) is 22.5 Å². The zero-order valence-corrected chi connectivity index (χ0v) is 18.7. The number of alkyl halides is 3. The molecule has 2 aromatic heterocycles. The van der Waals surface area contributed by atoms with Crippen LogP contribution >= 0.6 is 0 Å². The van der Waals surface area contributed by atoms with Crippen molar-refractivity contribution in [1.29, 1.82) is 0 Å². The second-order valence-electron chi connectivity index (χ2n) is 8.83. The lowest BCUT2D eigenvalue weighted by Crippen LogP contribution is -2.43. The van der Waals surface area contributed by atoms with Crippen molar-refractivity contribution in [2.75, 3.05) is 0 Å². The average Bonchev–Trinajstić information content (AvgIpc) is 3.19. The SMILES string of the molecule is CCc1nc2oc(-c3ccc(C4(N)CCC4)cc3)c(-c3ccccc3)c2c(=O)n1CC(F)(F)F. The van der Waals surface area contributed by atoms with E-state index in [-0.39, 0.29) is 28.9 Å². The van der Waals surface area contributed by atoms with Gasteiger partial charge in [-0.1, -0.05) is 61.5 Å². The van der Waals surface area contributed by atoms with Gasteiger partial charge in [0, 0.05) is 23.1 Å². The lowest BCUT2D eigenvalue weighted by Gasteiger charge is -2.38. The van der Waals surface area contributed by atoms with Crippen LogP contribution in [0.15, 0.2) is 63.8 Å². The number of furan rings is 1. The molecule has 2 N–H and O–H groups in total. The van der Waals surface area contributed by atoms with Crippen LogP contribution in [-0.4, -0.2) is 15.7 Å². The molecule has 1 aliphatic rings. The van der Waals surface area contributed by atoms with Gasteiger partial charge in [-0.3, -0.25) is 9.36 Å². The number of hydrogen-bond acceptors (Lipinski definition) is 4. The topological polar surface area (TPSA) is 74.1 Å². The first-order valence-electron chi connectivity index (χ1n) is 11.3. The van der Waals surface area contributed by atoms with E-state index in [0.717, 1.165) is 24.8 Å². The number of rotatable bonds is 5. The molecule has 0 atom stereocenters. The number of benzene rings is 2. The van der Waals surface area contributed by atoms with E-state index in [2.05, 4.69) is 4.98 Å². The smallest absolute Gasteiger partial charge is 0.406 e. The highest BCUT2D eigenvalue weighted by Gasteiger charge is 2.35. The molecule has 8 heteroatoms. The van der Waals surface area contributed by atoms with Crippen LogP contribution < -0.4 is 11.3 Å². The number of fused-ring (bicyclic) bond motifs is 1. The van der Waals surface area contributed by atoms with Crippen LogP contribution in [0.25, 0.3) is 33.6 Å². The molecule has 5 rings (SSSR count). The maximum atomic E-state index is 13.4. The Hall–Kier alpha value is -3.39. The molecule has 176 valence electrons. The van der Waals surface area contributed by atoms with Crippen molar-refractivity contribution in [3.63, 3.8) is 0 Å². The fourth-order valence-electron chi connectivity index (χ4n) is 4.62. The first kappa shape index (κ1) is 22.4. The zero-order chi connectivity index (χ0) is 24.1. The van der Waals surface area contributed by atoms with Gasteiger partial charge in [-0.2, -0.15) is 18.2 Å². The lowest BCUT2D eigenvalue weighted by molar-refractivity contribution is -0.141. The Morgan fingerprint density at radius 3 is 2.29 bits per heavy atom. The second-order valence-corrected chi connectivity index (χ2v) is 8.83. The minimum absolute atomic E-state index is 0.0279. The molecule has 0 spiro atoms. The van der Waals surface area contributed by atoms with Gasteiger partial charge >= 0.3 is 6.18 Å². The molecule has 2 aromatic carbocycles. The molecule has 4 aromatic rings. The predicted octanol–water partition coefficient (Wildman–Crippen LogP) is 5.79. The van der Waals surface area contributed by atoms with E-state index < -0.39 is 18.3 Å². The molecule has 1 fully saturated rings. The molecule has 0 saturated heterocycles. The Morgan fingerprint density at radius 1 is 1.06 bits per heavy atom. The lowest BCUT2D eigenvalue weighted by atomic mass is 9.72. The van der Waals surface area contributed by atoms with Crippen molar-refractivity contribution < 1.29 is 17.6 Å². The molecular weight excluding hydrogens is 443 g/mol. The summed E-state index contributed by atoms with van der Waals surface area (Å²) in [6.45, 7) is 0.254. The Labute approximate surface area is 194 Å². The van der Waals surface area contributed by atoms with Gasteiger partial charge in [0.2, 0.25) is 5.71 Å². The molecule has 1 aliphatic carbocycles. The molecule has 2 heterocycles. The molecule has 0 amide bonds. The van der Waals surface area contributed by atoms with Crippen molar-refractivity contribution >= 4 is 11.1 Å². The maximum Gasteiger partial charge on any atom is 0.406 e. The summed E-state index contributed by atoms with van der Waals surface area (Å²) in [6, 6.07) is 16.7. The Kier molecular flexibility index (Phi) is 5.36. The Bertz CT molecular complexity index is 1400. The second kappa shape index (κ2) is 8.13. The largest absolute Gasteiger partial charge is 0.437 e. The summed E-state index contributed by atoms with van der Waals surface area (Å²) in [5, 5.41) is 0.0426. The summed E-state index contributed by atoms with van der Waals surface area (Å²) in [4.78, 5) is 17.7. The highest BCUT2D eigenvalue weighted by molar-refractivity contribution is 6.00. The molecule has 34 heavy (non-hydrogen) atoms. The van der Waals surface area contributed by atoms with Crippen LogP contribution in [0.5, 0.6) is 0 Å². The van der Waals surface area contributed by atoms with Crippen LogP contribution in [0, 0.1) is 0 Å². The van der Waals surface area contributed by atoms with Gasteiger partial charge < -0.3 is 10.2 Å². The molecular formula is C26H24F3N3O2. The van der Waals surface area contributed by atoms with Crippen molar-refractivity contribution in [2.45, 2.75) is 50.9 Å². The van der Waals surface area contributed by atoms with Gasteiger partial charge in [-0.25, -0.2) is 0 Å². The van der Waals surface area contributed by atoms with Crippen molar-refractivity contribution in [2.24, 2.45) is 5.73 Å². The number of nitrogens with two attached hydrogens (primary N) is 1. The number of hydrogen-bond donors (Lipinski definition) is 1. The summed E-state index contributed by atoms with van der Waals surface area (Å²) >= 11 is 0. The van der Waals surface area contributed by atoms with Crippen molar-refractivity contribution in [3.05, 3.63) is 76.3 Å². The standard InChI is InChI=1S/C26H24F3N3O2/c1-2-19-31-23-21(24(33)32(19)15-26(27,28)29)20(16-7-4-3-5-8-16)22(34-23)17-9-11-18(12-10-17)25(30)13-6-14-25/h3-5,7-12H,2,6,13-15,30H2,1H3. The van der Waals surface area contributed by atoms with Gasteiger partial charge in [0.15, 0.2) is 0 Å². The zero-order valence-electron chi connectivity index (χ0n) is 18.7. The van der Waals surface area contributed by atoms with E-state index in [1.807, 2.05) is 30.3 Å². The van der Waals surface area contributed by atoms with E-state index in [9.17, 15) is 18.0 Å². The van der Waals surface area contributed by atoms with Gasteiger partial charge in [-0.05, 0) is 30.4 Å². The molecule has 5 nitrogen and oxygen atoms in total. The maximum absolute atomic E-state index is 13.4. The summed E-state index contributed by atoms with van der Waals surface area (Å²) in [6.07, 6.45) is -1.46. The fourth-order valence-corrected chi connectivity index (χ4v) is 4.62. The third-order valence-electron chi connectivity index (χ3n) is 6.57. The van der Waals surface area contributed by atoms with Crippen LogP contribution in [0.3, 0.4) is 0 Å². The summed E-state index contributed by atoms with van der Waals surface area (Å²) in [7, 11) is 0. The molecule has 1 saturated carbocycles. The minimum atomic E-state index is -4.56. The monoisotopic (exact) mass is 467 g/mol. The van der Waals surface area contributed by atoms with Crippen molar-refractivity contribution in [1.82, 2.24) is 9.55 Å². The Balaban J connectivity index is 1.75. The fraction of sp³-hybridized carbons (Fsp3) is 0.308. The molecule has 0 unspecified atom stereocenters. The van der Waals surface area contributed by atoms with Crippen LogP contribution in [-0.2, 0) is 18.5 Å². The van der Waals surface area contributed by atoms with E-state index in [1.165, 1.54) is 0 Å². The van der Waals surface area contributed by atoms with Crippen LogP contribution in [0.4, 0.5) is 13.2 Å². The minimum Gasteiger partial charge on any atom is -0.437 e. The van der Waals surface area contributed by atoms with E-state index in [4.69, 9.17) is 10.2 Å². The third-order valence-corrected chi connectivity index (χ3v) is 6.57. The molecule has 0 aliphatic heterocycles. The highest BCUT2D eigenvalue weighted by atomic mass is 19.4. The number of aryl methyl sites for hydroxylation is 1. The van der Waals surface area contributed by atoms with Gasteiger partial charge in [0.1, 0.15) is 23.5 Å². The van der Waals surface area contributed by atoms with E-state index >= 15 is 0 Å². The van der Waals surface area contributed by atoms with Gasteiger partial charge in [0.05, 0.1) is 0 Å².